The SMILES string of the molecule is Cc1ccc(N(CCCN)c2nncs2)cc1. The van der Waals surface area contributed by atoms with Gasteiger partial charge in [-0.05, 0) is 32.0 Å². The van der Waals surface area contributed by atoms with Gasteiger partial charge >= 0.3 is 0 Å². The highest BCUT2D eigenvalue weighted by atomic mass is 32.1. The van der Waals surface area contributed by atoms with E-state index < -0.39 is 0 Å². The molecule has 0 aliphatic rings. The summed E-state index contributed by atoms with van der Waals surface area (Å²) < 4.78 is 0. The smallest absolute Gasteiger partial charge is 0.212 e. The average Bonchev–Trinajstić information content (AvgIpc) is 2.85. The Balaban J connectivity index is 2.23. The van der Waals surface area contributed by atoms with E-state index in [1.165, 1.54) is 5.56 Å². The zero-order chi connectivity index (χ0) is 12.1. The molecule has 0 bridgehead atoms. The lowest BCUT2D eigenvalue weighted by atomic mass is 10.2. The van der Waals surface area contributed by atoms with Crippen LogP contribution in [0.3, 0.4) is 0 Å². The molecule has 0 spiro atoms. The van der Waals surface area contributed by atoms with Crippen LogP contribution in [0.15, 0.2) is 29.8 Å². The van der Waals surface area contributed by atoms with Gasteiger partial charge in [-0.2, -0.15) is 0 Å². The van der Waals surface area contributed by atoms with Gasteiger partial charge < -0.3 is 10.6 Å². The fourth-order valence-corrected chi connectivity index (χ4v) is 2.20. The van der Waals surface area contributed by atoms with Crippen LogP contribution in [-0.4, -0.2) is 23.3 Å². The van der Waals surface area contributed by atoms with Crippen molar-refractivity contribution in [1.82, 2.24) is 10.2 Å². The second-order valence-electron chi connectivity index (χ2n) is 3.85. The van der Waals surface area contributed by atoms with E-state index in [2.05, 4.69) is 46.3 Å². The van der Waals surface area contributed by atoms with Crippen molar-refractivity contribution in [2.75, 3.05) is 18.0 Å². The number of nitrogens with two attached hydrogens (primary N) is 1. The molecule has 0 fully saturated rings. The van der Waals surface area contributed by atoms with Crippen LogP contribution in [0.1, 0.15) is 12.0 Å². The zero-order valence-electron chi connectivity index (χ0n) is 9.84. The molecule has 2 aromatic rings. The Bertz CT molecular complexity index is 438. The minimum atomic E-state index is 0.682. The molecule has 0 saturated heterocycles. The second-order valence-corrected chi connectivity index (χ2v) is 4.66. The first-order valence-electron chi connectivity index (χ1n) is 5.61. The summed E-state index contributed by atoms with van der Waals surface area (Å²) >= 11 is 1.54. The Labute approximate surface area is 105 Å². The number of nitrogens with zero attached hydrogens (tertiary/aromatic N) is 3. The molecule has 0 atom stereocenters. The molecule has 2 N–H and O–H groups in total. The average molecular weight is 248 g/mol. The maximum absolute atomic E-state index is 5.57. The topological polar surface area (TPSA) is 55.0 Å². The lowest BCUT2D eigenvalue weighted by molar-refractivity contribution is 0.810. The van der Waals surface area contributed by atoms with Crippen molar-refractivity contribution < 1.29 is 0 Å². The first kappa shape index (κ1) is 12.0. The minimum absolute atomic E-state index is 0.682. The van der Waals surface area contributed by atoms with Crippen molar-refractivity contribution in [3.8, 4) is 0 Å². The van der Waals surface area contributed by atoms with Crippen LogP contribution in [0.4, 0.5) is 10.8 Å². The predicted octanol–water partition coefficient (Wildman–Crippen LogP) is 2.33. The van der Waals surface area contributed by atoms with Gasteiger partial charge in [-0.25, -0.2) is 0 Å². The highest BCUT2D eigenvalue weighted by Gasteiger charge is 2.11. The summed E-state index contributed by atoms with van der Waals surface area (Å²) in [6, 6.07) is 8.41. The Morgan fingerprint density at radius 3 is 2.65 bits per heavy atom. The van der Waals surface area contributed by atoms with Gasteiger partial charge in [0.05, 0.1) is 0 Å². The van der Waals surface area contributed by atoms with E-state index in [4.69, 9.17) is 5.73 Å². The van der Waals surface area contributed by atoms with Crippen LogP contribution in [0.5, 0.6) is 0 Å². The van der Waals surface area contributed by atoms with Crippen LogP contribution in [-0.2, 0) is 0 Å². The van der Waals surface area contributed by atoms with Crippen molar-refractivity contribution in [2.24, 2.45) is 5.73 Å². The molecular formula is C12H16N4S. The highest BCUT2D eigenvalue weighted by molar-refractivity contribution is 7.13. The molecule has 17 heavy (non-hydrogen) atoms. The largest absolute Gasteiger partial charge is 0.330 e. The van der Waals surface area contributed by atoms with Crippen LogP contribution in [0.2, 0.25) is 0 Å². The predicted molar refractivity (Wildman–Crippen MR) is 71.8 cm³/mol. The fraction of sp³-hybridized carbons (Fsp3) is 0.333. The van der Waals surface area contributed by atoms with Gasteiger partial charge in [0.1, 0.15) is 5.51 Å². The van der Waals surface area contributed by atoms with Gasteiger partial charge in [0.15, 0.2) is 0 Å². The molecule has 0 aliphatic heterocycles. The zero-order valence-corrected chi connectivity index (χ0v) is 10.7. The van der Waals surface area contributed by atoms with E-state index in [0.717, 1.165) is 23.8 Å². The number of hydrogen-bond donors (Lipinski definition) is 1. The van der Waals surface area contributed by atoms with Gasteiger partial charge in [0.25, 0.3) is 0 Å². The van der Waals surface area contributed by atoms with Gasteiger partial charge in [-0.15, -0.1) is 10.2 Å². The Morgan fingerprint density at radius 2 is 2.06 bits per heavy atom. The van der Waals surface area contributed by atoms with Gasteiger partial charge in [-0.3, -0.25) is 0 Å². The minimum Gasteiger partial charge on any atom is -0.330 e. The second kappa shape index (κ2) is 5.75. The molecular weight excluding hydrogens is 232 g/mol. The summed E-state index contributed by atoms with van der Waals surface area (Å²) in [5, 5.41) is 8.93. The number of aryl methyl sites for hydroxylation is 1. The van der Waals surface area contributed by atoms with Crippen molar-refractivity contribution in [2.45, 2.75) is 13.3 Å². The molecule has 1 heterocycles. The quantitative estimate of drug-likeness (QED) is 0.882. The lowest BCUT2D eigenvalue weighted by Crippen LogP contribution is -2.20. The summed E-state index contributed by atoms with van der Waals surface area (Å²) in [5.41, 5.74) is 9.72. The molecule has 5 heteroatoms. The molecule has 0 amide bonds. The first-order chi connectivity index (χ1) is 8.31. The van der Waals surface area contributed by atoms with Gasteiger partial charge in [0.2, 0.25) is 5.13 Å². The number of aromatic nitrogens is 2. The van der Waals surface area contributed by atoms with Crippen LogP contribution in [0.25, 0.3) is 0 Å². The van der Waals surface area contributed by atoms with Crippen molar-refractivity contribution in [3.05, 3.63) is 35.3 Å². The lowest BCUT2D eigenvalue weighted by Gasteiger charge is -2.21. The first-order valence-corrected chi connectivity index (χ1v) is 6.49. The van der Waals surface area contributed by atoms with Crippen LogP contribution < -0.4 is 10.6 Å². The molecule has 4 nitrogen and oxygen atoms in total. The van der Waals surface area contributed by atoms with Gasteiger partial charge in [-0.1, -0.05) is 29.0 Å². The molecule has 0 unspecified atom stereocenters. The van der Waals surface area contributed by atoms with Crippen molar-refractivity contribution >= 4 is 22.2 Å². The number of hydrogen-bond acceptors (Lipinski definition) is 5. The molecule has 0 radical (unpaired) electrons. The van der Waals surface area contributed by atoms with Gasteiger partial charge in [0, 0.05) is 12.2 Å². The molecule has 2 rings (SSSR count). The Kier molecular flexibility index (Phi) is 4.06. The monoisotopic (exact) mass is 248 g/mol. The fourth-order valence-electron chi connectivity index (χ4n) is 1.59. The summed E-state index contributed by atoms with van der Waals surface area (Å²) in [5.74, 6) is 0. The van der Waals surface area contributed by atoms with Crippen LogP contribution in [0, 0.1) is 6.92 Å². The summed E-state index contributed by atoms with van der Waals surface area (Å²) in [7, 11) is 0. The van der Waals surface area contributed by atoms with E-state index in [1.54, 1.807) is 16.8 Å². The maximum Gasteiger partial charge on any atom is 0.212 e. The standard InChI is InChI=1S/C12H16N4S/c1-10-3-5-11(6-4-10)16(8-2-7-13)12-15-14-9-17-12/h3-6,9H,2,7-8,13H2,1H3. The third-order valence-corrected chi connectivity index (χ3v) is 3.22. The van der Waals surface area contributed by atoms with Crippen molar-refractivity contribution in [3.63, 3.8) is 0 Å². The molecule has 1 aromatic carbocycles. The number of benzene rings is 1. The van der Waals surface area contributed by atoms with Crippen LogP contribution >= 0.6 is 11.3 Å². The molecule has 1 aromatic heterocycles. The summed E-state index contributed by atoms with van der Waals surface area (Å²) in [4.78, 5) is 2.16. The molecule has 0 saturated carbocycles. The van der Waals surface area contributed by atoms with E-state index in [9.17, 15) is 0 Å². The van der Waals surface area contributed by atoms with E-state index in [-0.39, 0.29) is 0 Å². The number of anilines is 2. The van der Waals surface area contributed by atoms with E-state index in [0.29, 0.717) is 6.54 Å². The Hall–Kier alpha value is -1.46. The van der Waals surface area contributed by atoms with Crippen molar-refractivity contribution in [1.29, 1.82) is 0 Å². The molecule has 0 aliphatic carbocycles. The van der Waals surface area contributed by atoms with E-state index >= 15 is 0 Å². The normalized spacial score (nSPS) is 10.5. The maximum atomic E-state index is 5.57. The summed E-state index contributed by atoms with van der Waals surface area (Å²) in [6.07, 6.45) is 0.938. The summed E-state index contributed by atoms with van der Waals surface area (Å²) in [6.45, 7) is 3.63. The third-order valence-electron chi connectivity index (χ3n) is 2.51. The highest BCUT2D eigenvalue weighted by Crippen LogP contribution is 2.26. The Morgan fingerprint density at radius 1 is 1.29 bits per heavy atom. The third kappa shape index (κ3) is 3.01. The van der Waals surface area contributed by atoms with E-state index in [1.807, 2.05) is 0 Å². The number of rotatable bonds is 5. The molecule has 90 valence electrons.